The summed E-state index contributed by atoms with van der Waals surface area (Å²) in [6, 6.07) is 8.87. The van der Waals surface area contributed by atoms with Crippen LogP contribution in [0, 0.1) is 12.7 Å². The van der Waals surface area contributed by atoms with Gasteiger partial charge in [0.2, 0.25) is 11.8 Å². The van der Waals surface area contributed by atoms with E-state index in [0.717, 1.165) is 5.56 Å². The van der Waals surface area contributed by atoms with Gasteiger partial charge < -0.3 is 25.3 Å². The van der Waals surface area contributed by atoms with Gasteiger partial charge in [-0.2, -0.15) is 5.10 Å². The molecule has 3 aromatic rings. The molecule has 0 fully saturated rings. The molecule has 3 amide bonds. The number of nitrogens with zero attached hydrogens (tertiary/aromatic N) is 4. The van der Waals surface area contributed by atoms with Gasteiger partial charge in [0, 0.05) is 17.5 Å². The van der Waals surface area contributed by atoms with E-state index in [2.05, 4.69) is 44.3 Å². The predicted molar refractivity (Wildman–Crippen MR) is 178 cm³/mol. The molecule has 0 saturated carbocycles. The molecule has 246 valence electrons. The van der Waals surface area contributed by atoms with Gasteiger partial charge in [-0.15, -0.1) is 0 Å². The number of nitrogens with two attached hydrogens (primary N) is 1. The number of fused-ring (bicyclic) bond motifs is 1. The Balaban J connectivity index is 1.93. The van der Waals surface area contributed by atoms with Crippen LogP contribution in [0.15, 0.2) is 36.4 Å². The number of primary amides is 1. The van der Waals surface area contributed by atoms with E-state index in [0.29, 0.717) is 17.4 Å². The number of amides is 3. The Labute approximate surface area is 271 Å². The van der Waals surface area contributed by atoms with Crippen LogP contribution in [-0.2, 0) is 20.6 Å². The highest BCUT2D eigenvalue weighted by Gasteiger charge is 2.38. The summed E-state index contributed by atoms with van der Waals surface area (Å²) >= 11 is 6.05. The summed E-state index contributed by atoms with van der Waals surface area (Å²) < 4.78 is 22.9. The van der Waals surface area contributed by atoms with Gasteiger partial charge in [-0.1, -0.05) is 56.1 Å². The summed E-state index contributed by atoms with van der Waals surface area (Å²) in [5.41, 5.74) is 7.39. The molecule has 2 aromatic carbocycles. The highest BCUT2D eigenvalue weighted by atomic mass is 35.5. The van der Waals surface area contributed by atoms with Gasteiger partial charge in [0.1, 0.15) is 12.4 Å². The van der Waals surface area contributed by atoms with Crippen molar-refractivity contribution in [1.29, 1.82) is 0 Å². The second kappa shape index (κ2) is 14.4. The number of rotatable bonds is 13. The van der Waals surface area contributed by atoms with Crippen molar-refractivity contribution in [2.75, 3.05) is 33.8 Å². The first-order valence-electron chi connectivity index (χ1n) is 14.9. The standard InChI is InChI=1S/C32H46ClFN6O4Si/c1-20-13-14-26-23(15-20)30(31(35)43)37-40(26)18-28(42)39(21(2)19-44-45(8,9)32(3,4)5)17-27(41)36-25(16-38(6)7)22-11-10-12-24(33)29(22)34/h10-15,21,25H,16-19H2,1-9H3,(H2,35,43)(H,36,41)/t21-,25-/m1/s1. The van der Waals surface area contributed by atoms with Crippen LogP contribution in [0.3, 0.4) is 0 Å². The Bertz CT molecular complexity index is 1550. The number of hydrogen-bond donors (Lipinski definition) is 2. The summed E-state index contributed by atoms with van der Waals surface area (Å²) in [5.74, 6) is -2.20. The number of aromatic nitrogens is 2. The van der Waals surface area contributed by atoms with Crippen molar-refractivity contribution in [3.05, 3.63) is 64.1 Å². The van der Waals surface area contributed by atoms with E-state index < -0.39 is 43.9 Å². The molecule has 10 nitrogen and oxygen atoms in total. The highest BCUT2D eigenvalue weighted by Crippen LogP contribution is 2.36. The normalized spacial score (nSPS) is 13.6. The Hall–Kier alpha value is -3.32. The molecular weight excluding hydrogens is 615 g/mol. The maximum Gasteiger partial charge on any atom is 0.269 e. The smallest absolute Gasteiger partial charge is 0.269 e. The third-order valence-electron chi connectivity index (χ3n) is 8.32. The quantitative estimate of drug-likeness (QED) is 0.252. The maximum absolute atomic E-state index is 15.0. The fraction of sp³-hybridized carbons (Fsp3) is 0.500. The molecule has 13 heteroatoms. The van der Waals surface area contributed by atoms with Crippen LogP contribution in [0.1, 0.15) is 55.4 Å². The average Bonchev–Trinajstić information content (AvgIpc) is 3.28. The fourth-order valence-corrected chi connectivity index (χ4v) is 5.98. The number of carbonyl (C=O) groups excluding carboxylic acids is 3. The van der Waals surface area contributed by atoms with E-state index >= 15 is 4.39 Å². The number of benzene rings is 2. The van der Waals surface area contributed by atoms with Gasteiger partial charge in [-0.25, -0.2) is 4.39 Å². The maximum atomic E-state index is 15.0. The molecule has 0 spiro atoms. The van der Waals surface area contributed by atoms with Crippen LogP contribution < -0.4 is 11.1 Å². The number of halogens is 2. The van der Waals surface area contributed by atoms with Gasteiger partial charge in [0.15, 0.2) is 14.0 Å². The molecule has 0 saturated heterocycles. The topological polar surface area (TPSA) is 123 Å². The summed E-state index contributed by atoms with van der Waals surface area (Å²) in [7, 11) is 1.45. The number of aryl methyl sites for hydroxylation is 1. The minimum atomic E-state index is -2.18. The molecule has 0 radical (unpaired) electrons. The second-order valence-electron chi connectivity index (χ2n) is 13.4. The number of carbonyl (C=O) groups is 3. The van der Waals surface area contributed by atoms with E-state index in [9.17, 15) is 14.4 Å². The molecule has 1 aromatic heterocycles. The lowest BCUT2D eigenvalue weighted by Gasteiger charge is -2.38. The summed E-state index contributed by atoms with van der Waals surface area (Å²) in [6.45, 7) is 14.3. The largest absolute Gasteiger partial charge is 0.415 e. The average molecular weight is 661 g/mol. The zero-order valence-electron chi connectivity index (χ0n) is 27.7. The van der Waals surface area contributed by atoms with E-state index in [1.165, 1.54) is 15.6 Å². The molecule has 3 N–H and O–H groups in total. The summed E-state index contributed by atoms with van der Waals surface area (Å²) in [5, 5.41) is 7.70. The molecule has 1 heterocycles. The first-order valence-corrected chi connectivity index (χ1v) is 18.2. The van der Waals surface area contributed by atoms with E-state index in [1.54, 1.807) is 24.3 Å². The van der Waals surface area contributed by atoms with E-state index in [1.807, 2.05) is 38.9 Å². The zero-order chi connectivity index (χ0) is 33.9. The number of hydrogen-bond acceptors (Lipinski definition) is 6. The van der Waals surface area contributed by atoms with E-state index in [-0.39, 0.29) is 41.0 Å². The van der Waals surface area contributed by atoms with Gasteiger partial charge >= 0.3 is 0 Å². The van der Waals surface area contributed by atoms with Crippen molar-refractivity contribution in [3.8, 4) is 0 Å². The molecule has 0 aliphatic heterocycles. The van der Waals surface area contributed by atoms with Gasteiger partial charge in [-0.3, -0.25) is 19.1 Å². The minimum absolute atomic E-state index is 0.0457. The van der Waals surface area contributed by atoms with Crippen molar-refractivity contribution in [1.82, 2.24) is 24.9 Å². The third kappa shape index (κ3) is 8.90. The van der Waals surface area contributed by atoms with Gasteiger partial charge in [0.05, 0.1) is 35.8 Å². The first-order chi connectivity index (χ1) is 20.8. The number of likely N-dealkylation sites (N-methyl/N-ethyl adjacent to an activating group) is 1. The molecule has 0 aliphatic carbocycles. The lowest BCUT2D eigenvalue weighted by atomic mass is 10.1. The van der Waals surface area contributed by atoms with Crippen LogP contribution >= 0.6 is 11.6 Å². The molecule has 2 atom stereocenters. The van der Waals surface area contributed by atoms with Crippen molar-refractivity contribution in [2.24, 2.45) is 5.73 Å². The Kier molecular flexibility index (Phi) is 11.6. The Morgan fingerprint density at radius 1 is 1.18 bits per heavy atom. The van der Waals surface area contributed by atoms with Crippen molar-refractivity contribution < 1.29 is 23.2 Å². The predicted octanol–water partition coefficient (Wildman–Crippen LogP) is 4.89. The van der Waals surface area contributed by atoms with Crippen LogP contribution in [0.5, 0.6) is 0 Å². The first kappa shape index (κ1) is 36.1. The van der Waals surface area contributed by atoms with Crippen molar-refractivity contribution in [3.63, 3.8) is 0 Å². The van der Waals surface area contributed by atoms with Crippen LogP contribution in [-0.4, -0.2) is 85.5 Å². The third-order valence-corrected chi connectivity index (χ3v) is 13.1. The minimum Gasteiger partial charge on any atom is -0.415 e. The number of nitrogens with one attached hydrogen (secondary N) is 1. The monoisotopic (exact) mass is 660 g/mol. The van der Waals surface area contributed by atoms with Crippen molar-refractivity contribution in [2.45, 2.75) is 71.4 Å². The van der Waals surface area contributed by atoms with Gasteiger partial charge in [-0.05, 0) is 64.3 Å². The Morgan fingerprint density at radius 3 is 2.44 bits per heavy atom. The molecule has 45 heavy (non-hydrogen) atoms. The lowest BCUT2D eigenvalue weighted by Crippen LogP contribution is -2.51. The van der Waals surface area contributed by atoms with E-state index in [4.69, 9.17) is 21.8 Å². The fourth-order valence-electron chi connectivity index (χ4n) is 4.71. The molecular formula is C32H46ClFN6O4Si. The van der Waals surface area contributed by atoms with Crippen LogP contribution in [0.2, 0.25) is 23.2 Å². The highest BCUT2D eigenvalue weighted by molar-refractivity contribution is 6.74. The van der Waals surface area contributed by atoms with Crippen molar-refractivity contribution >= 4 is 48.5 Å². The SMILES string of the molecule is Cc1ccc2c(c1)c(C(N)=O)nn2CC(=O)N(CC(=O)N[C@H](CN(C)C)c1cccc(Cl)c1F)[C@H](C)CO[Si](C)(C)C(C)(C)C. The second-order valence-corrected chi connectivity index (χ2v) is 18.6. The summed E-state index contributed by atoms with van der Waals surface area (Å²) in [6.07, 6.45) is 0. The molecule has 0 bridgehead atoms. The van der Waals surface area contributed by atoms with Gasteiger partial charge in [0.25, 0.3) is 5.91 Å². The lowest BCUT2D eigenvalue weighted by molar-refractivity contribution is -0.139. The van der Waals surface area contributed by atoms with Crippen LogP contribution in [0.25, 0.3) is 10.9 Å². The molecule has 3 rings (SSSR count). The molecule has 0 aliphatic rings. The zero-order valence-corrected chi connectivity index (χ0v) is 29.5. The van der Waals surface area contributed by atoms with Crippen LogP contribution in [0.4, 0.5) is 4.39 Å². The molecule has 0 unspecified atom stereocenters. The summed E-state index contributed by atoms with van der Waals surface area (Å²) in [4.78, 5) is 43.0. The Morgan fingerprint density at radius 2 is 1.84 bits per heavy atom.